The Hall–Kier alpha value is -1.35. The predicted octanol–water partition coefficient (Wildman–Crippen LogP) is 0.567. The summed E-state index contributed by atoms with van der Waals surface area (Å²) in [7, 11) is 0. The van der Waals surface area contributed by atoms with Gasteiger partial charge in [-0.2, -0.15) is 0 Å². The lowest BCUT2D eigenvalue weighted by Gasteiger charge is -2.24. The van der Waals surface area contributed by atoms with Crippen molar-refractivity contribution in [2.75, 3.05) is 12.3 Å². The quantitative estimate of drug-likeness (QED) is 0.560. The number of hydrogen-bond donors (Lipinski definition) is 2. The minimum atomic E-state index is -0.969. The number of thioether (sulfide) groups is 1. The number of carboxylic acid groups (broad SMARTS) is 1. The molecule has 2 amide bonds. The number of nitrogens with one attached hydrogen (secondary N) is 1. The van der Waals surface area contributed by atoms with Crippen LogP contribution in [0.2, 0.25) is 0 Å². The Labute approximate surface area is 98.6 Å². The van der Waals surface area contributed by atoms with Gasteiger partial charge in [-0.05, 0) is 6.92 Å². The van der Waals surface area contributed by atoms with Crippen molar-refractivity contribution < 1.29 is 14.7 Å². The van der Waals surface area contributed by atoms with Crippen LogP contribution in [-0.2, 0) is 4.79 Å². The van der Waals surface area contributed by atoms with E-state index in [4.69, 9.17) is 11.5 Å². The van der Waals surface area contributed by atoms with Crippen molar-refractivity contribution in [2.24, 2.45) is 0 Å². The molecule has 0 aliphatic carbocycles. The van der Waals surface area contributed by atoms with Gasteiger partial charge in [-0.15, -0.1) is 24.1 Å². The molecule has 0 aromatic rings. The maximum Gasteiger partial charge on any atom is 0.327 e. The second-order valence-corrected chi connectivity index (χ2v) is 4.73. The molecule has 5 nitrogen and oxygen atoms in total. The average molecular weight is 242 g/mol. The molecule has 0 spiro atoms. The van der Waals surface area contributed by atoms with E-state index in [0.717, 1.165) is 0 Å². The number of aliphatic carboxylic acids is 1. The Morgan fingerprint density at radius 3 is 2.94 bits per heavy atom. The number of amides is 2. The minimum absolute atomic E-state index is 0.119. The first kappa shape index (κ1) is 12.7. The molecule has 0 aromatic carbocycles. The predicted molar refractivity (Wildman–Crippen MR) is 62.0 cm³/mol. The molecule has 1 rings (SSSR count). The maximum atomic E-state index is 11.7. The number of carbonyl (C=O) groups excluding carboxylic acids is 1. The molecular weight excluding hydrogens is 228 g/mol. The summed E-state index contributed by atoms with van der Waals surface area (Å²) in [6.45, 7) is 2.18. The van der Waals surface area contributed by atoms with Crippen molar-refractivity contribution in [2.45, 2.75) is 24.8 Å². The van der Waals surface area contributed by atoms with Gasteiger partial charge in [-0.3, -0.25) is 4.90 Å². The second kappa shape index (κ2) is 5.66. The molecule has 6 heteroatoms. The third-order valence-corrected chi connectivity index (χ3v) is 3.51. The molecule has 0 saturated carbocycles. The zero-order chi connectivity index (χ0) is 12.1. The lowest BCUT2D eigenvalue weighted by molar-refractivity contribution is -0.141. The van der Waals surface area contributed by atoms with E-state index in [1.807, 2.05) is 6.92 Å². The van der Waals surface area contributed by atoms with Crippen LogP contribution in [0.25, 0.3) is 0 Å². The Kier molecular flexibility index (Phi) is 4.50. The largest absolute Gasteiger partial charge is 0.480 e. The Morgan fingerprint density at radius 2 is 2.38 bits per heavy atom. The molecule has 16 heavy (non-hydrogen) atoms. The fourth-order valence-corrected chi connectivity index (χ4v) is 2.64. The van der Waals surface area contributed by atoms with Gasteiger partial charge in [-0.25, -0.2) is 9.59 Å². The van der Waals surface area contributed by atoms with Crippen LogP contribution >= 0.6 is 11.8 Å². The number of nitrogens with zero attached hydrogens (tertiary/aromatic N) is 1. The van der Waals surface area contributed by atoms with Gasteiger partial charge in [0, 0.05) is 18.7 Å². The highest BCUT2D eigenvalue weighted by molar-refractivity contribution is 8.00. The molecule has 1 aliphatic rings. The molecule has 2 atom stereocenters. The summed E-state index contributed by atoms with van der Waals surface area (Å²) in [6, 6.07) is -1.11. The average Bonchev–Trinajstić information content (AvgIpc) is 2.60. The van der Waals surface area contributed by atoms with Crippen molar-refractivity contribution in [3.63, 3.8) is 0 Å². The molecule has 2 N–H and O–H groups in total. The van der Waals surface area contributed by atoms with Crippen LogP contribution in [0.3, 0.4) is 0 Å². The lowest BCUT2D eigenvalue weighted by Crippen LogP contribution is -2.49. The number of terminal acetylenes is 1. The molecular formula is C10H14N2O3S. The lowest BCUT2D eigenvalue weighted by atomic mass is 10.3. The first-order valence-corrected chi connectivity index (χ1v) is 5.97. The van der Waals surface area contributed by atoms with Crippen LogP contribution in [0.1, 0.15) is 13.3 Å². The van der Waals surface area contributed by atoms with Gasteiger partial charge in [0.05, 0.1) is 5.37 Å². The SMILES string of the molecule is C#CCCNC(=O)N1C(C)SCC1C(=O)O. The monoisotopic (exact) mass is 242 g/mol. The number of urea groups is 1. The van der Waals surface area contributed by atoms with Gasteiger partial charge >= 0.3 is 12.0 Å². The Morgan fingerprint density at radius 1 is 1.69 bits per heavy atom. The molecule has 1 aliphatic heterocycles. The van der Waals surface area contributed by atoms with Crippen LogP contribution < -0.4 is 5.32 Å². The van der Waals surface area contributed by atoms with Crippen LogP contribution in [0.5, 0.6) is 0 Å². The number of carbonyl (C=O) groups is 2. The third-order valence-electron chi connectivity index (χ3n) is 2.29. The number of rotatable bonds is 3. The van der Waals surface area contributed by atoms with E-state index in [0.29, 0.717) is 18.7 Å². The molecule has 2 unspecified atom stereocenters. The normalized spacial score (nSPS) is 23.9. The molecule has 0 aromatic heterocycles. The summed E-state index contributed by atoms with van der Waals surface area (Å²) in [5, 5.41) is 11.4. The topological polar surface area (TPSA) is 69.6 Å². The molecule has 88 valence electrons. The summed E-state index contributed by atoms with van der Waals surface area (Å²) < 4.78 is 0. The van der Waals surface area contributed by atoms with Crippen LogP contribution in [0.4, 0.5) is 4.79 Å². The van der Waals surface area contributed by atoms with Crippen molar-refractivity contribution >= 4 is 23.8 Å². The third kappa shape index (κ3) is 2.83. The van der Waals surface area contributed by atoms with E-state index in [-0.39, 0.29) is 11.4 Å². The van der Waals surface area contributed by atoms with Gasteiger partial charge in [0.1, 0.15) is 6.04 Å². The van der Waals surface area contributed by atoms with Crippen molar-refractivity contribution in [1.29, 1.82) is 0 Å². The summed E-state index contributed by atoms with van der Waals surface area (Å²) >= 11 is 1.45. The van der Waals surface area contributed by atoms with E-state index >= 15 is 0 Å². The second-order valence-electron chi connectivity index (χ2n) is 3.38. The summed E-state index contributed by atoms with van der Waals surface area (Å²) in [6.07, 6.45) is 5.50. The highest BCUT2D eigenvalue weighted by Crippen LogP contribution is 2.28. The van der Waals surface area contributed by atoms with Crippen LogP contribution in [0.15, 0.2) is 0 Å². The van der Waals surface area contributed by atoms with E-state index in [9.17, 15) is 9.59 Å². The van der Waals surface area contributed by atoms with Crippen molar-refractivity contribution in [3.05, 3.63) is 0 Å². The summed E-state index contributed by atoms with van der Waals surface area (Å²) in [5.41, 5.74) is 0. The van der Waals surface area contributed by atoms with E-state index in [1.54, 1.807) is 0 Å². The summed E-state index contributed by atoms with van der Waals surface area (Å²) in [5.74, 6) is 1.87. The van der Waals surface area contributed by atoms with E-state index < -0.39 is 12.0 Å². The number of hydrogen-bond acceptors (Lipinski definition) is 3. The highest BCUT2D eigenvalue weighted by Gasteiger charge is 2.39. The van der Waals surface area contributed by atoms with Gasteiger partial charge < -0.3 is 10.4 Å². The zero-order valence-corrected chi connectivity index (χ0v) is 9.79. The van der Waals surface area contributed by atoms with Gasteiger partial charge in [-0.1, -0.05) is 0 Å². The fraction of sp³-hybridized carbons (Fsp3) is 0.600. The Bertz CT molecular complexity index is 327. The van der Waals surface area contributed by atoms with Gasteiger partial charge in [0.2, 0.25) is 0 Å². The molecule has 1 saturated heterocycles. The molecule has 1 fully saturated rings. The first-order chi connectivity index (χ1) is 7.57. The molecule has 1 heterocycles. The first-order valence-electron chi connectivity index (χ1n) is 4.92. The number of carboxylic acids is 1. The van der Waals surface area contributed by atoms with Gasteiger partial charge in [0.25, 0.3) is 0 Å². The highest BCUT2D eigenvalue weighted by atomic mass is 32.2. The molecule has 0 bridgehead atoms. The van der Waals surface area contributed by atoms with E-state index in [2.05, 4.69) is 11.2 Å². The smallest absolute Gasteiger partial charge is 0.327 e. The van der Waals surface area contributed by atoms with Crippen LogP contribution in [-0.4, -0.2) is 45.7 Å². The molecule has 0 radical (unpaired) electrons. The minimum Gasteiger partial charge on any atom is -0.480 e. The van der Waals surface area contributed by atoms with E-state index in [1.165, 1.54) is 16.7 Å². The van der Waals surface area contributed by atoms with Crippen LogP contribution in [0, 0.1) is 12.3 Å². The zero-order valence-electron chi connectivity index (χ0n) is 8.97. The fourth-order valence-electron chi connectivity index (χ4n) is 1.47. The van der Waals surface area contributed by atoms with Crippen molar-refractivity contribution in [1.82, 2.24) is 10.2 Å². The summed E-state index contributed by atoms with van der Waals surface area (Å²) in [4.78, 5) is 24.0. The standard InChI is InChI=1S/C10H14N2O3S/c1-3-4-5-11-10(15)12-7(2)16-6-8(12)9(13)14/h1,7-8H,4-6H2,2H3,(H,11,15)(H,13,14). The van der Waals surface area contributed by atoms with Crippen molar-refractivity contribution in [3.8, 4) is 12.3 Å². The maximum absolute atomic E-state index is 11.7. The Balaban J connectivity index is 2.58. The van der Waals surface area contributed by atoms with Gasteiger partial charge in [0.15, 0.2) is 0 Å².